The number of esters is 1. The lowest BCUT2D eigenvalue weighted by Gasteiger charge is -2.10. The van der Waals surface area contributed by atoms with Crippen LogP contribution in [0, 0.1) is 13.8 Å². The molecule has 2 aromatic rings. The van der Waals surface area contributed by atoms with Crippen LogP contribution < -0.4 is 5.32 Å². The number of nitrogens with zero attached hydrogens (tertiary/aromatic N) is 1. The molecule has 0 spiro atoms. The van der Waals surface area contributed by atoms with Gasteiger partial charge in [-0.1, -0.05) is 35.0 Å². The number of amides is 1. The van der Waals surface area contributed by atoms with Gasteiger partial charge in [-0.3, -0.25) is 9.59 Å². The molecule has 0 bridgehead atoms. The summed E-state index contributed by atoms with van der Waals surface area (Å²) in [5.74, 6) is 0.507. The van der Waals surface area contributed by atoms with Crippen molar-refractivity contribution in [3.63, 3.8) is 0 Å². The van der Waals surface area contributed by atoms with Gasteiger partial charge in [-0.15, -0.1) is 11.8 Å². The number of thioether (sulfide) groups is 1. The van der Waals surface area contributed by atoms with E-state index in [0.29, 0.717) is 11.6 Å². The summed E-state index contributed by atoms with van der Waals surface area (Å²) < 4.78 is 10.1. The Morgan fingerprint density at radius 1 is 1.29 bits per heavy atom. The standard InChI is InChI=1S/C17H20N2O4S/c1-11-4-6-14(7-5-11)9-22-16(20)10-24-13(3)17(21)18-15-8-12(2)23-19-15/h4-8,13H,9-10H2,1-3H3,(H,18,19,21)/t13-/m1/s1. The molecule has 1 aromatic heterocycles. The predicted octanol–water partition coefficient (Wildman–Crippen LogP) is 3.10. The van der Waals surface area contributed by atoms with Gasteiger partial charge in [0.15, 0.2) is 5.82 Å². The first kappa shape index (κ1) is 18.1. The Balaban J connectivity index is 1.70. The molecule has 0 saturated heterocycles. The molecule has 6 nitrogen and oxygen atoms in total. The molecule has 0 saturated carbocycles. The minimum Gasteiger partial charge on any atom is -0.460 e. The molecule has 128 valence electrons. The summed E-state index contributed by atoms with van der Waals surface area (Å²) >= 11 is 1.21. The highest BCUT2D eigenvalue weighted by molar-refractivity contribution is 8.01. The van der Waals surface area contributed by atoms with E-state index in [2.05, 4.69) is 10.5 Å². The third-order valence-corrected chi connectivity index (χ3v) is 4.34. The van der Waals surface area contributed by atoms with Crippen LogP contribution in [0.2, 0.25) is 0 Å². The van der Waals surface area contributed by atoms with E-state index in [1.165, 1.54) is 11.8 Å². The first-order chi connectivity index (χ1) is 11.4. The molecule has 0 aliphatic rings. The van der Waals surface area contributed by atoms with Crippen molar-refractivity contribution < 1.29 is 18.8 Å². The zero-order valence-corrected chi connectivity index (χ0v) is 14.7. The number of rotatable bonds is 7. The van der Waals surface area contributed by atoms with Gasteiger partial charge in [0.2, 0.25) is 5.91 Å². The van der Waals surface area contributed by atoms with E-state index < -0.39 is 5.25 Å². The third kappa shape index (κ3) is 5.73. The molecule has 24 heavy (non-hydrogen) atoms. The van der Waals surface area contributed by atoms with E-state index >= 15 is 0 Å². The molecule has 0 aliphatic heterocycles. The Morgan fingerprint density at radius 2 is 2.00 bits per heavy atom. The first-order valence-electron chi connectivity index (χ1n) is 7.51. The van der Waals surface area contributed by atoms with Gasteiger partial charge in [-0.05, 0) is 26.3 Å². The molecule has 2 rings (SSSR count). The van der Waals surface area contributed by atoms with Crippen molar-refractivity contribution in [3.8, 4) is 0 Å². The van der Waals surface area contributed by atoms with Crippen LogP contribution in [0.4, 0.5) is 5.82 Å². The van der Waals surface area contributed by atoms with Crippen molar-refractivity contribution in [3.05, 3.63) is 47.2 Å². The van der Waals surface area contributed by atoms with Crippen LogP contribution >= 0.6 is 11.8 Å². The van der Waals surface area contributed by atoms with Gasteiger partial charge < -0.3 is 14.6 Å². The molecule has 1 N–H and O–H groups in total. The molecule has 0 unspecified atom stereocenters. The molecule has 1 heterocycles. The van der Waals surface area contributed by atoms with Crippen LogP contribution in [0.25, 0.3) is 0 Å². The average molecular weight is 348 g/mol. The summed E-state index contributed by atoms with van der Waals surface area (Å²) in [7, 11) is 0. The monoisotopic (exact) mass is 348 g/mol. The smallest absolute Gasteiger partial charge is 0.316 e. The van der Waals surface area contributed by atoms with Crippen LogP contribution in [-0.2, 0) is 20.9 Å². The third-order valence-electron chi connectivity index (χ3n) is 3.22. The summed E-state index contributed by atoms with van der Waals surface area (Å²) in [6.07, 6.45) is 0. The van der Waals surface area contributed by atoms with Gasteiger partial charge in [0.1, 0.15) is 12.4 Å². The van der Waals surface area contributed by atoms with Crippen LogP contribution in [-0.4, -0.2) is 28.0 Å². The van der Waals surface area contributed by atoms with Crippen LogP contribution in [0.5, 0.6) is 0 Å². The van der Waals surface area contributed by atoms with Gasteiger partial charge in [0.05, 0.1) is 11.0 Å². The predicted molar refractivity (Wildman–Crippen MR) is 92.8 cm³/mol. The van der Waals surface area contributed by atoms with E-state index in [9.17, 15) is 9.59 Å². The minimum atomic E-state index is -0.408. The summed E-state index contributed by atoms with van der Waals surface area (Å²) in [5, 5.41) is 5.92. The Labute approximate surface area is 144 Å². The van der Waals surface area contributed by atoms with Crippen molar-refractivity contribution in [1.82, 2.24) is 5.16 Å². The quantitative estimate of drug-likeness (QED) is 0.774. The molecule has 1 atom stereocenters. The number of hydrogen-bond acceptors (Lipinski definition) is 6. The topological polar surface area (TPSA) is 81.4 Å². The Hall–Kier alpha value is -2.28. The average Bonchev–Trinajstić information content (AvgIpc) is 2.96. The van der Waals surface area contributed by atoms with Crippen molar-refractivity contribution in [2.45, 2.75) is 32.6 Å². The lowest BCUT2D eigenvalue weighted by molar-refractivity contribution is -0.141. The lowest BCUT2D eigenvalue weighted by atomic mass is 10.2. The van der Waals surface area contributed by atoms with E-state index in [4.69, 9.17) is 9.26 Å². The number of aromatic nitrogens is 1. The first-order valence-corrected chi connectivity index (χ1v) is 8.56. The van der Waals surface area contributed by atoms with Crippen molar-refractivity contribution in [1.29, 1.82) is 0 Å². The molecular formula is C17H20N2O4S. The van der Waals surface area contributed by atoms with Crippen LogP contribution in [0.3, 0.4) is 0 Å². The van der Waals surface area contributed by atoms with Gasteiger partial charge in [-0.25, -0.2) is 0 Å². The highest BCUT2D eigenvalue weighted by Crippen LogP contribution is 2.15. The summed E-state index contributed by atoms with van der Waals surface area (Å²) in [5.41, 5.74) is 2.09. The minimum absolute atomic E-state index is 0.109. The largest absolute Gasteiger partial charge is 0.460 e. The molecule has 1 amide bonds. The van der Waals surface area contributed by atoms with Crippen LogP contribution in [0.1, 0.15) is 23.8 Å². The maximum atomic E-state index is 12.0. The summed E-state index contributed by atoms with van der Waals surface area (Å²) in [4.78, 5) is 23.7. The van der Waals surface area contributed by atoms with Gasteiger partial charge in [0.25, 0.3) is 0 Å². The number of ether oxygens (including phenoxy) is 1. The molecule has 0 fully saturated rings. The second-order valence-corrected chi connectivity index (χ2v) is 6.74. The number of carbonyl (C=O) groups is 2. The van der Waals surface area contributed by atoms with Crippen molar-refractivity contribution >= 4 is 29.5 Å². The second-order valence-electron chi connectivity index (χ2n) is 5.41. The maximum Gasteiger partial charge on any atom is 0.316 e. The SMILES string of the molecule is Cc1ccc(COC(=O)CS[C@H](C)C(=O)Nc2cc(C)on2)cc1. The fraction of sp³-hybridized carbons (Fsp3) is 0.353. The number of anilines is 1. The van der Waals surface area contributed by atoms with E-state index in [1.54, 1.807) is 19.9 Å². The highest BCUT2D eigenvalue weighted by Gasteiger charge is 2.17. The van der Waals surface area contributed by atoms with E-state index in [1.807, 2.05) is 31.2 Å². The number of aryl methyl sites for hydroxylation is 2. The second kappa shape index (κ2) is 8.54. The maximum absolute atomic E-state index is 12.0. The molecule has 0 aliphatic carbocycles. The molecule has 1 aromatic carbocycles. The molecular weight excluding hydrogens is 328 g/mol. The van der Waals surface area contributed by atoms with Crippen molar-refractivity contribution in [2.24, 2.45) is 0 Å². The zero-order valence-electron chi connectivity index (χ0n) is 13.9. The van der Waals surface area contributed by atoms with Gasteiger partial charge in [-0.2, -0.15) is 0 Å². The highest BCUT2D eigenvalue weighted by atomic mass is 32.2. The number of benzene rings is 1. The number of carbonyl (C=O) groups excluding carboxylic acids is 2. The van der Waals surface area contributed by atoms with Crippen molar-refractivity contribution in [2.75, 3.05) is 11.1 Å². The van der Waals surface area contributed by atoms with E-state index in [-0.39, 0.29) is 24.2 Å². The molecule has 7 heteroatoms. The van der Waals surface area contributed by atoms with E-state index in [0.717, 1.165) is 11.1 Å². The molecule has 0 radical (unpaired) electrons. The number of nitrogens with one attached hydrogen (secondary N) is 1. The normalized spacial score (nSPS) is 11.8. The fourth-order valence-electron chi connectivity index (χ4n) is 1.81. The Bertz CT molecular complexity index is 697. The lowest BCUT2D eigenvalue weighted by Crippen LogP contribution is -2.24. The Morgan fingerprint density at radius 3 is 2.62 bits per heavy atom. The van der Waals surface area contributed by atoms with Crippen LogP contribution in [0.15, 0.2) is 34.9 Å². The van der Waals surface area contributed by atoms with Gasteiger partial charge >= 0.3 is 5.97 Å². The van der Waals surface area contributed by atoms with Gasteiger partial charge in [0, 0.05) is 6.07 Å². The summed E-state index contributed by atoms with van der Waals surface area (Å²) in [6, 6.07) is 9.41. The zero-order chi connectivity index (χ0) is 17.5. The Kier molecular flexibility index (Phi) is 6.43. The summed E-state index contributed by atoms with van der Waals surface area (Å²) in [6.45, 7) is 5.70. The fourth-order valence-corrected chi connectivity index (χ4v) is 2.49. The number of hydrogen-bond donors (Lipinski definition) is 1.